The Morgan fingerprint density at radius 1 is 1.45 bits per heavy atom. The molecule has 0 aromatic rings. The summed E-state index contributed by atoms with van der Waals surface area (Å²) < 4.78 is 0. The summed E-state index contributed by atoms with van der Waals surface area (Å²) in [5.41, 5.74) is 3.23. The van der Waals surface area contributed by atoms with Crippen molar-refractivity contribution >= 4 is 0 Å². The van der Waals surface area contributed by atoms with E-state index in [0.29, 0.717) is 5.54 Å². The molecule has 64 valence electrons. The summed E-state index contributed by atoms with van der Waals surface area (Å²) in [4.78, 5) is 0. The standard InChI is InChI=1S/C9H18N2/c1-6-3-7(4-6)8-5-9(8,2)11-10/h6-8,11H,3-5,10H2,1-2H3/t6?,7?,8?,9-/m0/s1. The fourth-order valence-electron chi connectivity index (χ4n) is 2.54. The topological polar surface area (TPSA) is 38.0 Å². The van der Waals surface area contributed by atoms with Gasteiger partial charge >= 0.3 is 0 Å². The summed E-state index contributed by atoms with van der Waals surface area (Å²) in [5, 5.41) is 0. The van der Waals surface area contributed by atoms with E-state index < -0.39 is 0 Å². The van der Waals surface area contributed by atoms with Crippen LogP contribution in [-0.2, 0) is 0 Å². The number of hydrazine groups is 1. The molecular formula is C9H18N2. The molecular weight excluding hydrogens is 136 g/mol. The maximum Gasteiger partial charge on any atom is 0.0328 e. The minimum Gasteiger partial charge on any atom is -0.271 e. The van der Waals surface area contributed by atoms with Crippen molar-refractivity contribution in [3.05, 3.63) is 0 Å². The minimum absolute atomic E-state index is 0.296. The van der Waals surface area contributed by atoms with E-state index in [-0.39, 0.29) is 0 Å². The molecule has 0 spiro atoms. The second-order valence-corrected chi connectivity index (χ2v) is 4.71. The maximum atomic E-state index is 5.46. The molecule has 0 aliphatic heterocycles. The van der Waals surface area contributed by atoms with Gasteiger partial charge in [0.1, 0.15) is 0 Å². The molecule has 2 aliphatic rings. The zero-order chi connectivity index (χ0) is 8.06. The molecule has 2 heteroatoms. The quantitative estimate of drug-likeness (QED) is 0.464. The summed E-state index contributed by atoms with van der Waals surface area (Å²) in [7, 11) is 0. The molecule has 11 heavy (non-hydrogen) atoms. The van der Waals surface area contributed by atoms with E-state index in [2.05, 4.69) is 19.3 Å². The van der Waals surface area contributed by atoms with Crippen molar-refractivity contribution in [1.29, 1.82) is 0 Å². The van der Waals surface area contributed by atoms with Crippen molar-refractivity contribution < 1.29 is 0 Å². The molecule has 2 rings (SSSR count). The van der Waals surface area contributed by atoms with E-state index >= 15 is 0 Å². The first-order chi connectivity index (χ1) is 5.15. The normalized spacial score (nSPS) is 55.4. The van der Waals surface area contributed by atoms with Crippen LogP contribution in [0.5, 0.6) is 0 Å². The van der Waals surface area contributed by atoms with Crippen LogP contribution in [0.1, 0.15) is 33.1 Å². The number of nitrogens with two attached hydrogens (primary N) is 1. The van der Waals surface area contributed by atoms with Crippen LogP contribution in [0.2, 0.25) is 0 Å². The summed E-state index contributed by atoms with van der Waals surface area (Å²) >= 11 is 0. The Kier molecular flexibility index (Phi) is 1.52. The highest BCUT2D eigenvalue weighted by atomic mass is 15.3. The van der Waals surface area contributed by atoms with Gasteiger partial charge in [-0.25, -0.2) is 0 Å². The fraction of sp³-hybridized carbons (Fsp3) is 1.00. The first-order valence-electron chi connectivity index (χ1n) is 4.63. The monoisotopic (exact) mass is 154 g/mol. The molecule has 0 bridgehead atoms. The van der Waals surface area contributed by atoms with Crippen molar-refractivity contribution in [2.24, 2.45) is 23.6 Å². The lowest BCUT2D eigenvalue weighted by atomic mass is 9.72. The third-order valence-corrected chi connectivity index (χ3v) is 3.61. The number of rotatable bonds is 2. The molecule has 0 radical (unpaired) electrons. The zero-order valence-corrected chi connectivity index (χ0v) is 7.43. The van der Waals surface area contributed by atoms with E-state index in [1.165, 1.54) is 19.3 Å². The van der Waals surface area contributed by atoms with E-state index in [1.807, 2.05) is 0 Å². The highest BCUT2D eigenvalue weighted by Crippen LogP contribution is 2.55. The minimum atomic E-state index is 0.296. The van der Waals surface area contributed by atoms with Gasteiger partial charge in [0.25, 0.3) is 0 Å². The molecule has 2 aliphatic carbocycles. The zero-order valence-electron chi connectivity index (χ0n) is 7.43. The third-order valence-electron chi connectivity index (χ3n) is 3.61. The molecule has 2 fully saturated rings. The van der Waals surface area contributed by atoms with Gasteiger partial charge in [-0.2, -0.15) is 0 Å². The lowest BCUT2D eigenvalue weighted by Gasteiger charge is -2.34. The van der Waals surface area contributed by atoms with Gasteiger partial charge in [-0.3, -0.25) is 11.3 Å². The predicted octanol–water partition coefficient (Wildman–Crippen LogP) is 1.27. The van der Waals surface area contributed by atoms with E-state index in [4.69, 9.17) is 5.84 Å². The van der Waals surface area contributed by atoms with Crippen LogP contribution in [0.3, 0.4) is 0 Å². The SMILES string of the molecule is CC1CC(C2C[C@]2(C)NN)C1. The third kappa shape index (κ3) is 1.09. The van der Waals surface area contributed by atoms with Crippen LogP contribution >= 0.6 is 0 Å². The van der Waals surface area contributed by atoms with Gasteiger partial charge in [0, 0.05) is 5.54 Å². The van der Waals surface area contributed by atoms with Crippen molar-refractivity contribution in [2.45, 2.75) is 38.6 Å². The van der Waals surface area contributed by atoms with Crippen LogP contribution in [-0.4, -0.2) is 5.54 Å². The molecule has 0 aromatic carbocycles. The highest BCUT2D eigenvalue weighted by molar-refractivity contribution is 5.10. The largest absolute Gasteiger partial charge is 0.271 e. The van der Waals surface area contributed by atoms with Crippen LogP contribution in [0, 0.1) is 17.8 Å². The van der Waals surface area contributed by atoms with E-state index in [1.54, 1.807) is 0 Å². The molecule has 0 saturated heterocycles. The highest BCUT2D eigenvalue weighted by Gasteiger charge is 2.55. The van der Waals surface area contributed by atoms with Gasteiger partial charge in [0.05, 0.1) is 0 Å². The van der Waals surface area contributed by atoms with Crippen LogP contribution < -0.4 is 11.3 Å². The van der Waals surface area contributed by atoms with Crippen LogP contribution in [0.25, 0.3) is 0 Å². The Morgan fingerprint density at radius 3 is 2.45 bits per heavy atom. The Hall–Kier alpha value is -0.0800. The smallest absolute Gasteiger partial charge is 0.0328 e. The van der Waals surface area contributed by atoms with Crippen molar-refractivity contribution in [2.75, 3.05) is 0 Å². The maximum absolute atomic E-state index is 5.46. The van der Waals surface area contributed by atoms with E-state index in [9.17, 15) is 0 Å². The van der Waals surface area contributed by atoms with Gasteiger partial charge in [-0.15, -0.1) is 0 Å². The molecule has 3 N–H and O–H groups in total. The second-order valence-electron chi connectivity index (χ2n) is 4.71. The molecule has 2 saturated carbocycles. The number of hydrogen-bond acceptors (Lipinski definition) is 2. The lowest BCUT2D eigenvalue weighted by Crippen LogP contribution is -2.39. The fourth-order valence-corrected chi connectivity index (χ4v) is 2.54. The number of hydrogen-bond donors (Lipinski definition) is 2. The van der Waals surface area contributed by atoms with Gasteiger partial charge in [-0.1, -0.05) is 6.92 Å². The van der Waals surface area contributed by atoms with Crippen molar-refractivity contribution in [3.63, 3.8) is 0 Å². The molecule has 2 atom stereocenters. The summed E-state index contributed by atoms with van der Waals surface area (Å²) in [6.45, 7) is 4.58. The Bertz CT molecular complexity index is 163. The average molecular weight is 154 g/mol. The van der Waals surface area contributed by atoms with Crippen molar-refractivity contribution in [1.82, 2.24) is 5.43 Å². The van der Waals surface area contributed by atoms with Crippen LogP contribution in [0.4, 0.5) is 0 Å². The molecule has 1 unspecified atom stereocenters. The van der Waals surface area contributed by atoms with Gasteiger partial charge in [0.15, 0.2) is 0 Å². The molecule has 0 amide bonds. The molecule has 0 aromatic heterocycles. The first kappa shape index (κ1) is 7.56. The molecule has 0 heterocycles. The van der Waals surface area contributed by atoms with Crippen LogP contribution in [0.15, 0.2) is 0 Å². The van der Waals surface area contributed by atoms with Crippen molar-refractivity contribution in [3.8, 4) is 0 Å². The lowest BCUT2D eigenvalue weighted by molar-refractivity contribution is 0.171. The summed E-state index contributed by atoms with van der Waals surface area (Å²) in [6.07, 6.45) is 4.16. The Balaban J connectivity index is 1.83. The molecule has 2 nitrogen and oxygen atoms in total. The number of nitrogens with one attached hydrogen (secondary N) is 1. The summed E-state index contributed by atoms with van der Waals surface area (Å²) in [6, 6.07) is 0. The predicted molar refractivity (Wildman–Crippen MR) is 45.7 cm³/mol. The Morgan fingerprint density at radius 2 is 2.09 bits per heavy atom. The van der Waals surface area contributed by atoms with Gasteiger partial charge in [-0.05, 0) is 43.9 Å². The second kappa shape index (κ2) is 2.20. The Labute approximate surface area is 68.5 Å². The van der Waals surface area contributed by atoms with E-state index in [0.717, 1.165) is 17.8 Å². The summed E-state index contributed by atoms with van der Waals surface area (Å²) in [5.74, 6) is 8.29. The van der Waals surface area contributed by atoms with Gasteiger partial charge < -0.3 is 0 Å². The van der Waals surface area contributed by atoms with Gasteiger partial charge in [0.2, 0.25) is 0 Å². The average Bonchev–Trinajstić information content (AvgIpc) is 2.57. The first-order valence-corrected chi connectivity index (χ1v) is 4.63.